The average Bonchev–Trinajstić information content (AvgIpc) is 3.60. The molecule has 1 atom stereocenters. The molecule has 1 aromatic heterocycles. The van der Waals surface area contributed by atoms with Gasteiger partial charge in [-0.3, -0.25) is 29.0 Å². The van der Waals surface area contributed by atoms with Crippen LogP contribution in [0.5, 0.6) is 5.75 Å². The third-order valence-corrected chi connectivity index (χ3v) is 13.5. The van der Waals surface area contributed by atoms with Crippen LogP contribution in [0.4, 0.5) is 21.5 Å². The molecule has 6 heterocycles. The van der Waals surface area contributed by atoms with Crippen LogP contribution < -0.4 is 24.8 Å². The molecule has 4 amide bonds. The maximum atomic E-state index is 15.8. The van der Waals surface area contributed by atoms with Gasteiger partial charge < -0.3 is 24.8 Å². The van der Waals surface area contributed by atoms with Gasteiger partial charge in [-0.1, -0.05) is 18.2 Å². The lowest BCUT2D eigenvalue weighted by molar-refractivity contribution is -0.125. The molecular formula is C43H42ClFN8O5S. The number of benzene rings is 2. The van der Waals surface area contributed by atoms with E-state index in [0.717, 1.165) is 75.4 Å². The van der Waals surface area contributed by atoms with Crippen molar-refractivity contribution in [2.75, 3.05) is 47.4 Å². The summed E-state index contributed by atoms with van der Waals surface area (Å²) >= 11 is 12.1. The second-order valence-corrected chi connectivity index (χ2v) is 17.1. The highest BCUT2D eigenvalue weighted by Crippen LogP contribution is 2.48. The number of halogens is 2. The Morgan fingerprint density at radius 1 is 0.949 bits per heavy atom. The molecule has 4 saturated heterocycles. The molecule has 2 aromatic carbocycles. The zero-order chi connectivity index (χ0) is 41.2. The first-order chi connectivity index (χ1) is 28.4. The normalized spacial score (nSPS) is 22.6. The van der Waals surface area contributed by atoms with Crippen LogP contribution in [0, 0.1) is 23.1 Å². The second-order valence-electron chi connectivity index (χ2n) is 16.3. The lowest BCUT2D eigenvalue weighted by Gasteiger charge is -2.43. The monoisotopic (exact) mass is 836 g/mol. The molecule has 5 fully saturated rings. The lowest BCUT2D eigenvalue weighted by atomic mass is 9.75. The van der Waals surface area contributed by atoms with Crippen molar-refractivity contribution in [2.45, 2.75) is 75.5 Å². The molecule has 3 aromatic rings. The number of nitrogens with one attached hydrogen (secondary N) is 1. The molecule has 0 radical (unpaired) electrons. The van der Waals surface area contributed by atoms with Crippen molar-refractivity contribution in [3.05, 3.63) is 88.6 Å². The number of carbonyl (C=O) groups is 4. The predicted octanol–water partition coefficient (Wildman–Crippen LogP) is 5.95. The van der Waals surface area contributed by atoms with E-state index in [1.165, 1.54) is 23.2 Å². The maximum Gasteiger partial charge on any atom is 0.262 e. The first-order valence-electron chi connectivity index (χ1n) is 20.1. The van der Waals surface area contributed by atoms with E-state index in [0.29, 0.717) is 59.8 Å². The first-order valence-corrected chi connectivity index (χ1v) is 20.9. The van der Waals surface area contributed by atoms with Crippen molar-refractivity contribution in [1.82, 2.24) is 20.1 Å². The van der Waals surface area contributed by atoms with Crippen LogP contribution >= 0.6 is 23.8 Å². The molecule has 1 spiro atoms. The molecule has 0 bridgehead atoms. The minimum Gasteiger partial charge on any atom is -0.487 e. The summed E-state index contributed by atoms with van der Waals surface area (Å²) < 4.78 is 22.0. The molecule has 1 N–H and O–H groups in total. The van der Waals surface area contributed by atoms with Crippen molar-refractivity contribution in [2.24, 2.45) is 5.92 Å². The number of rotatable bonds is 8. The largest absolute Gasteiger partial charge is 0.487 e. The molecule has 1 saturated carbocycles. The number of hydrogen-bond acceptors (Lipinski definition) is 10. The zero-order valence-electron chi connectivity index (χ0n) is 32.3. The number of carbonyl (C=O) groups excluding carboxylic acids is 4. The van der Waals surface area contributed by atoms with Crippen LogP contribution in [-0.4, -0.2) is 93.9 Å². The van der Waals surface area contributed by atoms with Gasteiger partial charge in [0.25, 0.3) is 17.7 Å². The van der Waals surface area contributed by atoms with Gasteiger partial charge in [0.05, 0.1) is 28.0 Å². The summed E-state index contributed by atoms with van der Waals surface area (Å²) in [5.41, 5.74) is 2.12. The zero-order valence-corrected chi connectivity index (χ0v) is 33.9. The fraction of sp³-hybridized carbons (Fsp3) is 0.419. The van der Waals surface area contributed by atoms with Gasteiger partial charge in [0, 0.05) is 55.9 Å². The van der Waals surface area contributed by atoms with Gasteiger partial charge in [-0.25, -0.2) is 9.37 Å². The molecule has 9 rings (SSSR count). The van der Waals surface area contributed by atoms with Gasteiger partial charge in [-0.15, -0.1) is 0 Å². The molecular weight excluding hydrogens is 795 g/mol. The Labute approximate surface area is 351 Å². The number of ether oxygens (including phenoxy) is 1. The Balaban J connectivity index is 0.770. The topological polar surface area (TPSA) is 142 Å². The third kappa shape index (κ3) is 6.80. The van der Waals surface area contributed by atoms with Gasteiger partial charge in [0.1, 0.15) is 23.8 Å². The number of allylic oxidation sites excluding steroid dienone is 1. The van der Waals surface area contributed by atoms with Crippen LogP contribution in [0.1, 0.15) is 84.2 Å². The second kappa shape index (κ2) is 15.3. The summed E-state index contributed by atoms with van der Waals surface area (Å²) in [6, 6.07) is 12.7. The predicted molar refractivity (Wildman–Crippen MR) is 222 cm³/mol. The van der Waals surface area contributed by atoms with Crippen LogP contribution in [0.15, 0.2) is 60.9 Å². The van der Waals surface area contributed by atoms with E-state index in [9.17, 15) is 24.4 Å². The first kappa shape index (κ1) is 39.1. The third-order valence-electron chi connectivity index (χ3n) is 12.8. The van der Waals surface area contributed by atoms with E-state index in [4.69, 9.17) is 28.6 Å². The summed E-state index contributed by atoms with van der Waals surface area (Å²) in [5.74, 6) is -1.31. The molecule has 16 heteroatoms. The van der Waals surface area contributed by atoms with Crippen molar-refractivity contribution in [3.63, 3.8) is 0 Å². The molecule has 304 valence electrons. The molecule has 1 unspecified atom stereocenters. The Bertz CT molecular complexity index is 2350. The minimum atomic E-state index is -0.922. The fourth-order valence-corrected chi connectivity index (χ4v) is 10.1. The van der Waals surface area contributed by atoms with E-state index < -0.39 is 29.2 Å². The van der Waals surface area contributed by atoms with Crippen LogP contribution in [0.3, 0.4) is 0 Å². The summed E-state index contributed by atoms with van der Waals surface area (Å²) in [6.07, 6.45) is 7.61. The molecule has 13 nitrogen and oxygen atoms in total. The van der Waals surface area contributed by atoms with E-state index in [-0.39, 0.29) is 39.5 Å². The highest BCUT2D eigenvalue weighted by Gasteiger charge is 2.59. The van der Waals surface area contributed by atoms with Gasteiger partial charge >= 0.3 is 0 Å². The SMILES string of the molecule is C=C1CCC(N2C(=O)c3ccc(N4CCC(CN5CCC(Oc6ccc(N7C(=S)N(c8cnc(C#N)c(Cl)c8)C(=O)C78CCC8)cc6F)CC5)CC4)cc3C2=O)C(=O)N1. The molecule has 6 aliphatic rings. The number of imide groups is 1. The molecule has 1 aliphatic carbocycles. The Morgan fingerprint density at radius 3 is 2.34 bits per heavy atom. The Morgan fingerprint density at radius 2 is 1.68 bits per heavy atom. The van der Waals surface area contributed by atoms with Crippen molar-refractivity contribution < 1.29 is 28.3 Å². The number of fused-ring (bicyclic) bond motifs is 1. The standard InChI is InChI=1S/C43H42ClFN8O5S/c1-25-3-7-36(38(54)48-25)52-39(55)31-6-4-27(19-32(31)40(52)56)50-17-9-26(10-18-50)24-49-15-11-30(12-16-49)58-37-8-5-28(21-34(37)45)53-42(59)51(41(57)43(53)13-2-14-43)29-20-33(44)35(22-46)47-23-29/h4-6,8,19-21,23,26,30,36H,1-3,7,9-18,24H2,(H,48,54). The smallest absolute Gasteiger partial charge is 0.262 e. The maximum absolute atomic E-state index is 15.8. The number of pyridine rings is 1. The van der Waals surface area contributed by atoms with E-state index in [1.54, 1.807) is 29.2 Å². The summed E-state index contributed by atoms with van der Waals surface area (Å²) in [4.78, 5) is 66.0. The van der Waals surface area contributed by atoms with Crippen LogP contribution in [0.25, 0.3) is 0 Å². The lowest BCUT2D eigenvalue weighted by Crippen LogP contribution is -2.55. The molecule has 59 heavy (non-hydrogen) atoms. The Kier molecular flexibility index (Phi) is 10.1. The highest BCUT2D eigenvalue weighted by atomic mass is 35.5. The number of nitriles is 1. The Hall–Kier alpha value is -5.43. The minimum absolute atomic E-state index is 0.0482. The highest BCUT2D eigenvalue weighted by molar-refractivity contribution is 7.81. The number of thiocarbonyl (C=S) groups is 1. The molecule has 5 aliphatic heterocycles. The number of amides is 4. The van der Waals surface area contributed by atoms with E-state index in [1.807, 2.05) is 12.1 Å². The summed E-state index contributed by atoms with van der Waals surface area (Å²) in [6.45, 7) is 8.09. The van der Waals surface area contributed by atoms with E-state index in [2.05, 4.69) is 26.7 Å². The number of likely N-dealkylation sites (tertiary alicyclic amines) is 1. The number of aromatic nitrogens is 1. The number of hydrogen-bond donors (Lipinski definition) is 1. The van der Waals surface area contributed by atoms with Crippen LogP contribution in [0.2, 0.25) is 5.02 Å². The van der Waals surface area contributed by atoms with Gasteiger partial charge in [-0.2, -0.15) is 5.26 Å². The summed E-state index contributed by atoms with van der Waals surface area (Å²) in [5, 5.41) is 12.2. The van der Waals surface area contributed by atoms with E-state index >= 15 is 4.39 Å². The summed E-state index contributed by atoms with van der Waals surface area (Å²) in [7, 11) is 0. The van der Waals surface area contributed by atoms with Crippen molar-refractivity contribution in [1.29, 1.82) is 5.26 Å². The van der Waals surface area contributed by atoms with Crippen molar-refractivity contribution >= 4 is 69.6 Å². The number of nitrogens with zero attached hydrogens (tertiary/aromatic N) is 7. The quantitative estimate of drug-likeness (QED) is 0.213. The number of anilines is 3. The van der Waals surface area contributed by atoms with Crippen molar-refractivity contribution in [3.8, 4) is 11.8 Å². The fourth-order valence-electron chi connectivity index (χ4n) is 9.43. The van der Waals surface area contributed by atoms with Gasteiger partial charge in [0.2, 0.25) is 5.91 Å². The van der Waals surface area contributed by atoms with Gasteiger partial charge in [-0.05, 0) is 112 Å². The number of piperidine rings is 3. The average molecular weight is 837 g/mol. The van der Waals surface area contributed by atoms with Crippen LogP contribution in [-0.2, 0) is 9.59 Å². The van der Waals surface area contributed by atoms with Gasteiger partial charge in [0.15, 0.2) is 22.4 Å².